The fourth-order valence-corrected chi connectivity index (χ4v) is 0.983. The van der Waals surface area contributed by atoms with Crippen LogP contribution in [0.1, 0.15) is 26.3 Å². The van der Waals surface area contributed by atoms with Crippen molar-refractivity contribution in [2.45, 2.75) is 20.8 Å². The molecule has 0 aromatic heterocycles. The van der Waals surface area contributed by atoms with Crippen LogP contribution in [0.15, 0.2) is 34.5 Å². The Bertz CT molecular complexity index is 377. The average Bonchev–Trinajstić information content (AvgIpc) is 2.15. The minimum atomic E-state index is -0.266. The van der Waals surface area contributed by atoms with Gasteiger partial charge in [0.05, 0.1) is 5.71 Å². The lowest BCUT2D eigenvalue weighted by molar-refractivity contribution is 0.625. The summed E-state index contributed by atoms with van der Waals surface area (Å²) in [7, 11) is 0. The first-order valence-electron chi connectivity index (χ1n) is 4.41. The third-order valence-corrected chi connectivity index (χ3v) is 1.66. The van der Waals surface area contributed by atoms with Crippen LogP contribution in [0.5, 0.6) is 0 Å². The molecule has 0 aliphatic rings. The smallest absolute Gasteiger partial charge is 0.132 e. The van der Waals surface area contributed by atoms with E-state index in [0.29, 0.717) is 11.3 Å². The molecule has 0 amide bonds. The number of nitrogens with zero attached hydrogens (tertiary/aromatic N) is 2. The molecule has 1 rings (SSSR count). The van der Waals surface area contributed by atoms with E-state index in [9.17, 15) is 4.39 Å². The molecule has 0 fully saturated rings. The fraction of sp³-hybridized carbons (Fsp3) is 0.273. The summed E-state index contributed by atoms with van der Waals surface area (Å²) in [6.07, 6.45) is 0. The second-order valence-electron chi connectivity index (χ2n) is 3.21. The average molecular weight is 192 g/mol. The van der Waals surface area contributed by atoms with Crippen LogP contribution in [-0.2, 0) is 0 Å². The molecule has 2 nitrogen and oxygen atoms in total. The SMILES string of the molecule is CC(C)=N/N=C(\C)c1ccccc1F. The summed E-state index contributed by atoms with van der Waals surface area (Å²) in [6.45, 7) is 5.43. The van der Waals surface area contributed by atoms with Crippen molar-refractivity contribution in [2.75, 3.05) is 0 Å². The largest absolute Gasteiger partial charge is 0.206 e. The molecule has 0 unspecified atom stereocenters. The third kappa shape index (κ3) is 2.76. The lowest BCUT2D eigenvalue weighted by Crippen LogP contribution is -1.97. The van der Waals surface area contributed by atoms with Crippen molar-refractivity contribution in [3.63, 3.8) is 0 Å². The monoisotopic (exact) mass is 192 g/mol. The number of hydrogen-bond donors (Lipinski definition) is 0. The molecule has 14 heavy (non-hydrogen) atoms. The zero-order chi connectivity index (χ0) is 10.6. The van der Waals surface area contributed by atoms with Crippen LogP contribution in [0.4, 0.5) is 4.39 Å². The van der Waals surface area contributed by atoms with Crippen LogP contribution < -0.4 is 0 Å². The van der Waals surface area contributed by atoms with Gasteiger partial charge in [-0.25, -0.2) is 4.39 Å². The normalized spacial score (nSPS) is 11.3. The zero-order valence-electron chi connectivity index (χ0n) is 8.58. The first-order chi connectivity index (χ1) is 6.61. The number of benzene rings is 1. The summed E-state index contributed by atoms with van der Waals surface area (Å²) < 4.78 is 13.2. The van der Waals surface area contributed by atoms with Gasteiger partial charge in [-0.05, 0) is 26.8 Å². The molecule has 1 aromatic rings. The van der Waals surface area contributed by atoms with Crippen molar-refractivity contribution >= 4 is 11.4 Å². The van der Waals surface area contributed by atoms with E-state index in [1.165, 1.54) is 6.07 Å². The van der Waals surface area contributed by atoms with Crippen molar-refractivity contribution in [1.29, 1.82) is 0 Å². The fourth-order valence-electron chi connectivity index (χ4n) is 0.983. The molecule has 1 aromatic carbocycles. The third-order valence-electron chi connectivity index (χ3n) is 1.66. The van der Waals surface area contributed by atoms with E-state index in [0.717, 1.165) is 5.71 Å². The molecule has 3 heteroatoms. The lowest BCUT2D eigenvalue weighted by atomic mass is 10.1. The van der Waals surface area contributed by atoms with Gasteiger partial charge in [-0.2, -0.15) is 10.2 Å². The topological polar surface area (TPSA) is 24.7 Å². The van der Waals surface area contributed by atoms with Gasteiger partial charge in [0, 0.05) is 11.3 Å². The molecule has 0 saturated heterocycles. The van der Waals surface area contributed by atoms with Crippen molar-refractivity contribution in [1.82, 2.24) is 0 Å². The van der Waals surface area contributed by atoms with Crippen molar-refractivity contribution in [3.8, 4) is 0 Å². The molecular formula is C11H13FN2. The summed E-state index contributed by atoms with van der Waals surface area (Å²) in [4.78, 5) is 0. The van der Waals surface area contributed by atoms with Gasteiger partial charge in [0.1, 0.15) is 5.82 Å². The Balaban J connectivity index is 3.01. The lowest BCUT2D eigenvalue weighted by Gasteiger charge is -1.99. The molecule has 0 radical (unpaired) electrons. The second-order valence-corrected chi connectivity index (χ2v) is 3.21. The minimum Gasteiger partial charge on any atom is -0.206 e. The van der Waals surface area contributed by atoms with Crippen molar-refractivity contribution in [2.24, 2.45) is 10.2 Å². The van der Waals surface area contributed by atoms with Crippen LogP contribution in [-0.4, -0.2) is 11.4 Å². The molecule has 0 N–H and O–H groups in total. The molecule has 0 heterocycles. The highest BCUT2D eigenvalue weighted by atomic mass is 19.1. The maximum Gasteiger partial charge on any atom is 0.132 e. The van der Waals surface area contributed by atoms with Gasteiger partial charge < -0.3 is 0 Å². The highest BCUT2D eigenvalue weighted by Crippen LogP contribution is 2.07. The van der Waals surface area contributed by atoms with E-state index in [4.69, 9.17) is 0 Å². The molecule has 0 aliphatic heterocycles. The van der Waals surface area contributed by atoms with E-state index in [-0.39, 0.29) is 5.82 Å². The maximum absolute atomic E-state index is 13.2. The summed E-state index contributed by atoms with van der Waals surface area (Å²) in [5.41, 5.74) is 1.93. The Morgan fingerprint density at radius 3 is 2.29 bits per heavy atom. The van der Waals surface area contributed by atoms with Crippen LogP contribution in [0.2, 0.25) is 0 Å². The Labute approximate surface area is 83.2 Å². The minimum absolute atomic E-state index is 0.266. The molecule has 0 atom stereocenters. The van der Waals surface area contributed by atoms with Gasteiger partial charge in [-0.1, -0.05) is 18.2 Å². The van der Waals surface area contributed by atoms with Gasteiger partial charge in [-0.15, -0.1) is 0 Å². The van der Waals surface area contributed by atoms with E-state index in [2.05, 4.69) is 10.2 Å². The molecule has 74 valence electrons. The van der Waals surface area contributed by atoms with Gasteiger partial charge in [0.2, 0.25) is 0 Å². The van der Waals surface area contributed by atoms with Gasteiger partial charge in [-0.3, -0.25) is 0 Å². The molecule has 0 saturated carbocycles. The van der Waals surface area contributed by atoms with E-state index >= 15 is 0 Å². The highest BCUT2D eigenvalue weighted by Gasteiger charge is 2.02. The summed E-state index contributed by atoms with van der Waals surface area (Å²) in [5, 5.41) is 7.80. The maximum atomic E-state index is 13.2. The predicted molar refractivity (Wildman–Crippen MR) is 57.4 cm³/mol. The summed E-state index contributed by atoms with van der Waals surface area (Å²) >= 11 is 0. The number of rotatable bonds is 2. The van der Waals surface area contributed by atoms with Crippen molar-refractivity contribution < 1.29 is 4.39 Å². The molecule has 0 spiro atoms. The van der Waals surface area contributed by atoms with Gasteiger partial charge in [0.25, 0.3) is 0 Å². The van der Waals surface area contributed by atoms with Crippen molar-refractivity contribution in [3.05, 3.63) is 35.6 Å². The Kier molecular flexibility index (Phi) is 3.51. The van der Waals surface area contributed by atoms with Crippen LogP contribution in [0, 0.1) is 5.82 Å². The second kappa shape index (κ2) is 4.65. The highest BCUT2D eigenvalue weighted by molar-refractivity contribution is 5.99. The Morgan fingerprint density at radius 1 is 1.07 bits per heavy atom. The van der Waals surface area contributed by atoms with Crippen LogP contribution in [0.25, 0.3) is 0 Å². The van der Waals surface area contributed by atoms with E-state index in [1.807, 2.05) is 13.8 Å². The standard InChI is InChI=1S/C11H13FN2/c1-8(2)13-14-9(3)10-6-4-5-7-11(10)12/h4-7H,1-3H3/b14-9+. The molecule has 0 bridgehead atoms. The predicted octanol–water partition coefficient (Wildman–Crippen LogP) is 3.03. The number of hydrogen-bond acceptors (Lipinski definition) is 2. The quantitative estimate of drug-likeness (QED) is 0.508. The van der Waals surface area contributed by atoms with Crippen LogP contribution >= 0.6 is 0 Å². The number of halogens is 1. The van der Waals surface area contributed by atoms with Gasteiger partial charge in [0.15, 0.2) is 0 Å². The Morgan fingerprint density at radius 2 is 1.71 bits per heavy atom. The Hall–Kier alpha value is -1.51. The molecular weight excluding hydrogens is 179 g/mol. The van der Waals surface area contributed by atoms with Gasteiger partial charge >= 0.3 is 0 Å². The van der Waals surface area contributed by atoms with E-state index in [1.54, 1.807) is 25.1 Å². The van der Waals surface area contributed by atoms with Crippen LogP contribution in [0.3, 0.4) is 0 Å². The zero-order valence-corrected chi connectivity index (χ0v) is 8.58. The first-order valence-corrected chi connectivity index (χ1v) is 4.41. The molecule has 0 aliphatic carbocycles. The summed E-state index contributed by atoms with van der Waals surface area (Å²) in [5.74, 6) is -0.266. The van der Waals surface area contributed by atoms with E-state index < -0.39 is 0 Å². The first kappa shape index (κ1) is 10.6. The summed E-state index contributed by atoms with van der Waals surface area (Å²) in [6, 6.07) is 6.53.